The van der Waals surface area contributed by atoms with Gasteiger partial charge >= 0.3 is 0 Å². The summed E-state index contributed by atoms with van der Waals surface area (Å²) in [6.07, 6.45) is 0.973. The Balaban J connectivity index is 1.44. The molecule has 0 saturated heterocycles. The minimum Gasteiger partial charge on any atom is -0.497 e. The molecule has 6 heteroatoms. The maximum atomic E-state index is 6.23. The van der Waals surface area contributed by atoms with Crippen molar-refractivity contribution in [1.29, 1.82) is 0 Å². The van der Waals surface area contributed by atoms with Crippen molar-refractivity contribution in [2.45, 2.75) is 20.3 Å². The number of rotatable bonds is 10. The van der Waals surface area contributed by atoms with Crippen molar-refractivity contribution in [3.63, 3.8) is 0 Å². The Bertz CT molecular complexity index is 1220. The van der Waals surface area contributed by atoms with Gasteiger partial charge in [-0.3, -0.25) is 0 Å². The molecule has 0 aliphatic heterocycles. The quantitative estimate of drug-likeness (QED) is 0.200. The smallest absolute Gasteiger partial charge is 0.119 e. The van der Waals surface area contributed by atoms with Crippen LogP contribution in [0.25, 0.3) is 21.8 Å². The van der Waals surface area contributed by atoms with Crippen LogP contribution in [0, 0.1) is 0 Å². The third kappa shape index (κ3) is 5.25. The first-order valence-corrected chi connectivity index (χ1v) is 11.9. The molecule has 0 amide bonds. The predicted molar refractivity (Wildman–Crippen MR) is 142 cm³/mol. The van der Waals surface area contributed by atoms with Crippen LogP contribution < -0.4 is 20.3 Å². The van der Waals surface area contributed by atoms with Crippen molar-refractivity contribution in [2.75, 3.05) is 48.8 Å². The van der Waals surface area contributed by atoms with Gasteiger partial charge in [0.15, 0.2) is 0 Å². The van der Waals surface area contributed by atoms with Crippen LogP contribution in [0.1, 0.15) is 20.3 Å². The number of hydrogen-bond donors (Lipinski definition) is 2. The topological polar surface area (TPSA) is 49.4 Å². The molecule has 2 N–H and O–H groups in total. The third-order valence-corrected chi connectivity index (χ3v) is 6.16. The summed E-state index contributed by atoms with van der Waals surface area (Å²) in [4.78, 5) is 7.14. The lowest BCUT2D eigenvalue weighted by molar-refractivity contribution is 0.415. The van der Waals surface area contributed by atoms with Gasteiger partial charge in [0.25, 0.3) is 0 Å². The number of anilines is 3. The van der Waals surface area contributed by atoms with Gasteiger partial charge in [-0.25, -0.2) is 4.98 Å². The van der Waals surface area contributed by atoms with E-state index in [4.69, 9.17) is 21.3 Å². The summed E-state index contributed by atoms with van der Waals surface area (Å²) < 4.78 is 5.45. The molecule has 0 radical (unpaired) electrons. The molecule has 0 atom stereocenters. The zero-order valence-electron chi connectivity index (χ0n) is 19.5. The molecule has 0 saturated carbocycles. The van der Waals surface area contributed by atoms with Crippen LogP contribution >= 0.6 is 11.6 Å². The average molecular weight is 463 g/mol. The van der Waals surface area contributed by atoms with Gasteiger partial charge in [-0.15, -0.1) is 0 Å². The summed E-state index contributed by atoms with van der Waals surface area (Å²) in [5, 5.41) is 9.95. The van der Waals surface area contributed by atoms with Crippen LogP contribution in [-0.4, -0.2) is 38.3 Å². The van der Waals surface area contributed by atoms with Gasteiger partial charge < -0.3 is 20.3 Å². The molecule has 0 unspecified atom stereocenters. The molecule has 1 aromatic heterocycles. The Labute approximate surface area is 200 Å². The van der Waals surface area contributed by atoms with Crippen molar-refractivity contribution in [2.24, 2.45) is 0 Å². The number of aromatic nitrogens is 1. The van der Waals surface area contributed by atoms with E-state index >= 15 is 0 Å². The maximum Gasteiger partial charge on any atom is 0.119 e. The van der Waals surface area contributed by atoms with Crippen LogP contribution in [0.5, 0.6) is 5.75 Å². The standard InChI is InChI=1S/C27H31ClN4O/c1-4-32(5-2)21-10-8-20(9-11-21)29-15-6-16-30-27-23-13-7-19(28)17-26(23)31-25-14-12-22(33-3)18-24(25)27/h7-14,17-18,29H,4-6,15-16H2,1-3H3,(H,30,31). The van der Waals surface area contributed by atoms with Gasteiger partial charge in [-0.1, -0.05) is 11.6 Å². The van der Waals surface area contributed by atoms with E-state index in [9.17, 15) is 0 Å². The summed E-state index contributed by atoms with van der Waals surface area (Å²) in [7, 11) is 1.68. The number of methoxy groups -OCH3 is 1. The number of benzene rings is 3. The second kappa shape index (κ2) is 10.6. The SMILES string of the molecule is CCN(CC)c1ccc(NCCCNc2c3ccc(Cl)cc3nc3ccc(OC)cc23)cc1. The van der Waals surface area contributed by atoms with Gasteiger partial charge in [-0.05, 0) is 80.9 Å². The zero-order chi connectivity index (χ0) is 23.2. The maximum absolute atomic E-state index is 6.23. The predicted octanol–water partition coefficient (Wildman–Crippen LogP) is 6.81. The highest BCUT2D eigenvalue weighted by molar-refractivity contribution is 6.31. The van der Waals surface area contributed by atoms with Crippen LogP contribution in [-0.2, 0) is 0 Å². The number of halogens is 1. The Morgan fingerprint density at radius 3 is 2.33 bits per heavy atom. The summed E-state index contributed by atoms with van der Waals surface area (Å²) in [6.45, 7) is 8.12. The van der Waals surface area contributed by atoms with Crippen LogP contribution in [0.2, 0.25) is 5.02 Å². The fraction of sp³-hybridized carbons (Fsp3) is 0.296. The highest BCUT2D eigenvalue weighted by atomic mass is 35.5. The summed E-state index contributed by atoms with van der Waals surface area (Å²) in [6, 6.07) is 20.5. The number of ether oxygens (including phenoxy) is 1. The molecule has 0 aliphatic rings. The van der Waals surface area contributed by atoms with Crippen molar-refractivity contribution in [3.8, 4) is 5.75 Å². The van der Waals surface area contributed by atoms with Gasteiger partial charge in [0.2, 0.25) is 0 Å². The number of hydrogen-bond acceptors (Lipinski definition) is 5. The lowest BCUT2D eigenvalue weighted by atomic mass is 10.1. The van der Waals surface area contributed by atoms with E-state index in [2.05, 4.69) is 53.6 Å². The Morgan fingerprint density at radius 1 is 0.848 bits per heavy atom. The van der Waals surface area contributed by atoms with Crippen LogP contribution in [0.4, 0.5) is 17.1 Å². The van der Waals surface area contributed by atoms with E-state index in [0.717, 1.165) is 71.5 Å². The summed E-state index contributed by atoms with van der Waals surface area (Å²) in [5.41, 5.74) is 5.27. The fourth-order valence-electron chi connectivity index (χ4n) is 4.13. The number of nitrogens with one attached hydrogen (secondary N) is 2. The van der Waals surface area contributed by atoms with E-state index < -0.39 is 0 Å². The number of pyridine rings is 1. The molecule has 0 bridgehead atoms. The van der Waals surface area contributed by atoms with E-state index in [1.54, 1.807) is 7.11 Å². The van der Waals surface area contributed by atoms with Crippen LogP contribution in [0.15, 0.2) is 60.7 Å². The highest BCUT2D eigenvalue weighted by Gasteiger charge is 2.11. The van der Waals surface area contributed by atoms with Gasteiger partial charge in [0.1, 0.15) is 5.75 Å². The van der Waals surface area contributed by atoms with Gasteiger partial charge in [-0.2, -0.15) is 0 Å². The van der Waals surface area contributed by atoms with Crippen molar-refractivity contribution in [3.05, 3.63) is 65.7 Å². The largest absolute Gasteiger partial charge is 0.497 e. The Kier molecular flexibility index (Phi) is 7.40. The molecule has 4 rings (SSSR count). The minimum absolute atomic E-state index is 0.685. The Hall–Kier alpha value is -3.18. The van der Waals surface area contributed by atoms with E-state index in [0.29, 0.717) is 5.02 Å². The lowest BCUT2D eigenvalue weighted by Gasteiger charge is -2.21. The molecule has 0 aliphatic carbocycles. The molecule has 172 valence electrons. The molecule has 33 heavy (non-hydrogen) atoms. The van der Waals surface area contributed by atoms with E-state index in [-0.39, 0.29) is 0 Å². The molecular formula is C27H31ClN4O. The molecule has 3 aromatic carbocycles. The van der Waals surface area contributed by atoms with Gasteiger partial charge in [0, 0.05) is 53.3 Å². The number of fused-ring (bicyclic) bond motifs is 2. The number of nitrogens with zero attached hydrogens (tertiary/aromatic N) is 2. The first-order valence-electron chi connectivity index (χ1n) is 11.5. The van der Waals surface area contributed by atoms with Crippen molar-refractivity contribution in [1.82, 2.24) is 4.98 Å². The lowest BCUT2D eigenvalue weighted by Crippen LogP contribution is -2.21. The second-order valence-corrected chi connectivity index (χ2v) is 8.39. The van der Waals surface area contributed by atoms with E-state index in [1.807, 2.05) is 36.4 Å². The average Bonchev–Trinajstić information content (AvgIpc) is 2.84. The molecule has 4 aromatic rings. The van der Waals surface area contributed by atoms with E-state index in [1.165, 1.54) is 5.69 Å². The molecule has 0 fully saturated rings. The fourth-order valence-corrected chi connectivity index (χ4v) is 4.29. The second-order valence-electron chi connectivity index (χ2n) is 7.96. The summed E-state index contributed by atoms with van der Waals surface area (Å²) in [5.74, 6) is 0.815. The highest BCUT2D eigenvalue weighted by Crippen LogP contribution is 2.34. The van der Waals surface area contributed by atoms with Crippen molar-refractivity contribution >= 4 is 50.5 Å². The summed E-state index contributed by atoms with van der Waals surface area (Å²) >= 11 is 6.23. The first-order chi connectivity index (χ1) is 16.1. The molecular weight excluding hydrogens is 432 g/mol. The molecule has 5 nitrogen and oxygen atoms in total. The Morgan fingerprint density at radius 2 is 1.61 bits per heavy atom. The normalized spacial score (nSPS) is 11.0. The third-order valence-electron chi connectivity index (χ3n) is 5.92. The zero-order valence-corrected chi connectivity index (χ0v) is 20.2. The molecule has 1 heterocycles. The van der Waals surface area contributed by atoms with Crippen LogP contribution in [0.3, 0.4) is 0 Å². The van der Waals surface area contributed by atoms with Crippen molar-refractivity contribution < 1.29 is 4.74 Å². The first kappa shape index (κ1) is 23.0. The van der Waals surface area contributed by atoms with Gasteiger partial charge in [0.05, 0.1) is 23.8 Å². The molecule has 0 spiro atoms. The minimum atomic E-state index is 0.685. The monoisotopic (exact) mass is 462 g/mol.